The first-order chi connectivity index (χ1) is 8.29. The van der Waals surface area contributed by atoms with Crippen LogP contribution in [0.4, 0.5) is 0 Å². The van der Waals surface area contributed by atoms with Gasteiger partial charge in [-0.05, 0) is 24.2 Å². The molecule has 0 saturated carbocycles. The number of hydrogen-bond donors (Lipinski definition) is 1. The maximum Gasteiger partial charge on any atom is 0.178 e. The van der Waals surface area contributed by atoms with Crippen molar-refractivity contribution in [2.45, 2.75) is 22.7 Å². The summed E-state index contributed by atoms with van der Waals surface area (Å²) in [6.45, 7) is 3.96. The summed E-state index contributed by atoms with van der Waals surface area (Å²) in [6.07, 6.45) is 0. The van der Waals surface area contributed by atoms with E-state index in [0.717, 1.165) is 21.9 Å². The van der Waals surface area contributed by atoms with Crippen LogP contribution in [0.2, 0.25) is 0 Å². The normalized spacial score (nSPS) is 10.7. The maximum atomic E-state index is 4.06. The Labute approximate surface area is 117 Å². The fourth-order valence-corrected chi connectivity index (χ4v) is 3.45. The predicted molar refractivity (Wildman–Crippen MR) is 75.6 cm³/mol. The molecule has 3 nitrogen and oxygen atoms in total. The van der Waals surface area contributed by atoms with Crippen molar-refractivity contribution in [1.29, 1.82) is 0 Å². The molecular formula is C11H12BrN3S2. The third kappa shape index (κ3) is 3.77. The Bertz CT molecular complexity index is 474. The van der Waals surface area contributed by atoms with Gasteiger partial charge in [-0.15, -0.1) is 10.2 Å². The molecule has 2 aromatic rings. The Kier molecular flexibility index (Phi) is 4.97. The summed E-state index contributed by atoms with van der Waals surface area (Å²) < 4.78 is 2.06. The van der Waals surface area contributed by atoms with E-state index in [1.54, 1.807) is 28.6 Å². The molecule has 0 aliphatic rings. The molecule has 0 radical (unpaired) electrons. The number of nitrogens with one attached hydrogen (secondary N) is 1. The average molecular weight is 330 g/mol. The first-order valence-corrected chi connectivity index (χ1v) is 7.71. The molecule has 2 rings (SSSR count). The van der Waals surface area contributed by atoms with Crippen LogP contribution in [0.1, 0.15) is 12.5 Å². The fraction of sp³-hybridized carbons (Fsp3) is 0.273. The van der Waals surface area contributed by atoms with Crippen molar-refractivity contribution in [3.8, 4) is 0 Å². The van der Waals surface area contributed by atoms with E-state index >= 15 is 0 Å². The van der Waals surface area contributed by atoms with E-state index in [9.17, 15) is 0 Å². The molecule has 0 aliphatic carbocycles. The number of halogens is 1. The molecule has 0 atom stereocenters. The van der Waals surface area contributed by atoms with Crippen molar-refractivity contribution in [2.75, 3.05) is 6.54 Å². The standard InChI is InChI=1S/C11H12BrN3S2/c1-2-13-6-8-3-4-9(12)5-10(8)17-11-15-14-7-16-11/h3-5,7,13H,2,6H2,1H3. The van der Waals surface area contributed by atoms with Crippen LogP contribution in [0.15, 0.2) is 37.4 Å². The second kappa shape index (κ2) is 6.49. The Hall–Kier alpha value is -0.430. The number of rotatable bonds is 5. The summed E-state index contributed by atoms with van der Waals surface area (Å²) in [6, 6.07) is 6.33. The second-order valence-corrected chi connectivity index (χ2v) is 6.38. The van der Waals surface area contributed by atoms with Crippen molar-refractivity contribution < 1.29 is 0 Å². The first-order valence-electron chi connectivity index (χ1n) is 5.22. The smallest absolute Gasteiger partial charge is 0.178 e. The molecule has 0 bridgehead atoms. The van der Waals surface area contributed by atoms with Crippen LogP contribution in [0, 0.1) is 0 Å². The van der Waals surface area contributed by atoms with Gasteiger partial charge in [0.15, 0.2) is 4.34 Å². The van der Waals surface area contributed by atoms with Crippen molar-refractivity contribution in [3.63, 3.8) is 0 Å². The highest BCUT2D eigenvalue weighted by Gasteiger charge is 2.07. The molecule has 1 heterocycles. The van der Waals surface area contributed by atoms with Crippen LogP contribution >= 0.6 is 39.0 Å². The lowest BCUT2D eigenvalue weighted by Gasteiger charge is -2.08. The topological polar surface area (TPSA) is 37.8 Å². The minimum absolute atomic E-state index is 0.880. The molecule has 0 fully saturated rings. The van der Waals surface area contributed by atoms with E-state index < -0.39 is 0 Å². The highest BCUT2D eigenvalue weighted by atomic mass is 79.9. The summed E-state index contributed by atoms with van der Waals surface area (Å²) in [4.78, 5) is 1.22. The Morgan fingerprint density at radius 1 is 1.47 bits per heavy atom. The maximum absolute atomic E-state index is 4.06. The van der Waals surface area contributed by atoms with Crippen LogP contribution in [0.3, 0.4) is 0 Å². The lowest BCUT2D eigenvalue weighted by Crippen LogP contribution is -2.12. The lowest BCUT2D eigenvalue weighted by atomic mass is 10.2. The van der Waals surface area contributed by atoms with Gasteiger partial charge in [-0.2, -0.15) is 0 Å². The highest BCUT2D eigenvalue weighted by Crippen LogP contribution is 2.33. The van der Waals surface area contributed by atoms with E-state index in [4.69, 9.17) is 0 Å². The number of nitrogens with zero attached hydrogens (tertiary/aromatic N) is 2. The lowest BCUT2D eigenvalue weighted by molar-refractivity contribution is 0.717. The quantitative estimate of drug-likeness (QED) is 0.910. The third-order valence-corrected chi connectivity index (χ3v) is 4.50. The van der Waals surface area contributed by atoms with E-state index in [0.29, 0.717) is 0 Å². The molecule has 1 N–H and O–H groups in total. The van der Waals surface area contributed by atoms with Crippen molar-refractivity contribution in [1.82, 2.24) is 15.5 Å². The summed E-state index contributed by atoms with van der Waals surface area (Å²) in [5.74, 6) is 0. The SMILES string of the molecule is CCNCc1ccc(Br)cc1Sc1nncs1. The van der Waals surface area contributed by atoms with E-state index in [1.165, 1.54) is 10.5 Å². The molecule has 0 aliphatic heterocycles. The average Bonchev–Trinajstić information content (AvgIpc) is 2.81. The molecule has 0 amide bonds. The van der Waals surface area contributed by atoms with E-state index in [2.05, 4.69) is 56.6 Å². The van der Waals surface area contributed by atoms with Gasteiger partial charge < -0.3 is 5.32 Å². The summed E-state index contributed by atoms with van der Waals surface area (Å²) in [5, 5.41) is 11.3. The van der Waals surface area contributed by atoms with Gasteiger partial charge in [0.05, 0.1) is 0 Å². The number of aromatic nitrogens is 2. The number of hydrogen-bond acceptors (Lipinski definition) is 5. The molecule has 0 unspecified atom stereocenters. The van der Waals surface area contributed by atoms with Gasteiger partial charge in [-0.25, -0.2) is 0 Å². The zero-order chi connectivity index (χ0) is 12.1. The largest absolute Gasteiger partial charge is 0.313 e. The zero-order valence-corrected chi connectivity index (χ0v) is 12.5. The van der Waals surface area contributed by atoms with Gasteiger partial charge in [0.2, 0.25) is 0 Å². The summed E-state index contributed by atoms with van der Waals surface area (Å²) in [5.41, 5.74) is 3.04. The van der Waals surface area contributed by atoms with Crippen molar-refractivity contribution in [2.24, 2.45) is 0 Å². The second-order valence-electron chi connectivity index (χ2n) is 3.34. The highest BCUT2D eigenvalue weighted by molar-refractivity contribution is 9.10. The van der Waals surface area contributed by atoms with Crippen LogP contribution in [0.25, 0.3) is 0 Å². The van der Waals surface area contributed by atoms with Gasteiger partial charge in [0.1, 0.15) is 5.51 Å². The van der Waals surface area contributed by atoms with Gasteiger partial charge in [-0.1, -0.05) is 52.0 Å². The molecule has 90 valence electrons. The Balaban J connectivity index is 2.20. The summed E-state index contributed by atoms with van der Waals surface area (Å²) >= 11 is 6.72. The van der Waals surface area contributed by atoms with Gasteiger partial charge in [0.25, 0.3) is 0 Å². The van der Waals surface area contributed by atoms with Gasteiger partial charge in [0, 0.05) is 15.9 Å². The molecule has 0 spiro atoms. The Morgan fingerprint density at radius 3 is 3.06 bits per heavy atom. The van der Waals surface area contributed by atoms with Crippen LogP contribution in [0.5, 0.6) is 0 Å². The van der Waals surface area contributed by atoms with Crippen molar-refractivity contribution in [3.05, 3.63) is 33.7 Å². The molecule has 0 saturated heterocycles. The van der Waals surface area contributed by atoms with Gasteiger partial charge in [-0.3, -0.25) is 0 Å². The van der Waals surface area contributed by atoms with Crippen LogP contribution < -0.4 is 5.32 Å². The third-order valence-electron chi connectivity index (χ3n) is 2.13. The molecule has 1 aromatic heterocycles. The minimum Gasteiger partial charge on any atom is -0.313 e. The predicted octanol–water partition coefficient (Wildman–Crippen LogP) is 3.56. The summed E-state index contributed by atoms with van der Waals surface area (Å²) in [7, 11) is 0. The molecule has 1 aromatic carbocycles. The van der Waals surface area contributed by atoms with Crippen LogP contribution in [-0.4, -0.2) is 16.7 Å². The number of benzene rings is 1. The minimum atomic E-state index is 0.880. The molecule has 6 heteroatoms. The first kappa shape index (κ1) is 13.0. The molecular weight excluding hydrogens is 318 g/mol. The van der Waals surface area contributed by atoms with Gasteiger partial charge >= 0.3 is 0 Å². The van der Waals surface area contributed by atoms with Crippen LogP contribution in [-0.2, 0) is 6.54 Å². The molecule has 17 heavy (non-hydrogen) atoms. The van der Waals surface area contributed by atoms with E-state index in [1.807, 2.05) is 0 Å². The van der Waals surface area contributed by atoms with E-state index in [-0.39, 0.29) is 0 Å². The fourth-order valence-electron chi connectivity index (χ4n) is 1.33. The zero-order valence-electron chi connectivity index (χ0n) is 9.31. The van der Waals surface area contributed by atoms with Crippen molar-refractivity contribution >= 4 is 39.0 Å². The monoisotopic (exact) mass is 329 g/mol. The Morgan fingerprint density at radius 2 is 2.35 bits per heavy atom.